The van der Waals surface area contributed by atoms with Crippen molar-refractivity contribution in [1.29, 1.82) is 0 Å². The normalized spacial score (nSPS) is 17.5. The zero-order valence-electron chi connectivity index (χ0n) is 14.9. The molecule has 6 nitrogen and oxygen atoms in total. The van der Waals surface area contributed by atoms with Crippen LogP contribution in [-0.2, 0) is 15.8 Å². The van der Waals surface area contributed by atoms with Crippen LogP contribution in [0.1, 0.15) is 31.2 Å². The number of piperidine rings is 1. The molecule has 1 fully saturated rings. The molecule has 2 amide bonds. The third-order valence-corrected chi connectivity index (χ3v) is 4.38. The first kappa shape index (κ1) is 21.0. The van der Waals surface area contributed by atoms with Gasteiger partial charge in [0.1, 0.15) is 5.75 Å². The topological polar surface area (TPSA) is 84.7 Å². The van der Waals surface area contributed by atoms with Gasteiger partial charge in [0.25, 0.3) is 5.91 Å². The van der Waals surface area contributed by atoms with Crippen LogP contribution in [0.2, 0.25) is 0 Å². The van der Waals surface area contributed by atoms with Gasteiger partial charge in [-0.2, -0.15) is 13.2 Å². The van der Waals surface area contributed by atoms with Crippen LogP contribution in [0, 0.1) is 0 Å². The van der Waals surface area contributed by atoms with Crippen molar-refractivity contribution in [1.82, 2.24) is 10.2 Å². The van der Waals surface area contributed by atoms with Gasteiger partial charge >= 0.3 is 6.18 Å². The number of alkyl halides is 3. The molecule has 1 aromatic carbocycles. The van der Waals surface area contributed by atoms with Gasteiger partial charge in [0.15, 0.2) is 6.61 Å². The number of nitrogens with two attached hydrogens (primary N) is 1. The summed E-state index contributed by atoms with van der Waals surface area (Å²) < 4.78 is 43.5. The number of hydrogen-bond donors (Lipinski definition) is 2. The number of rotatable bonds is 7. The van der Waals surface area contributed by atoms with Crippen molar-refractivity contribution in [3.05, 3.63) is 29.8 Å². The Bertz CT molecular complexity index is 652. The maximum Gasteiger partial charge on any atom is 0.416 e. The van der Waals surface area contributed by atoms with Crippen molar-refractivity contribution in [3.63, 3.8) is 0 Å². The smallest absolute Gasteiger partial charge is 0.416 e. The van der Waals surface area contributed by atoms with E-state index in [1.54, 1.807) is 4.90 Å². The molecular formula is C18H24F3N3O3. The van der Waals surface area contributed by atoms with Crippen molar-refractivity contribution in [2.24, 2.45) is 5.73 Å². The van der Waals surface area contributed by atoms with Crippen LogP contribution in [0.3, 0.4) is 0 Å². The number of amides is 2. The average Bonchev–Trinajstić information content (AvgIpc) is 2.64. The second-order valence-corrected chi connectivity index (χ2v) is 6.39. The number of nitrogens with one attached hydrogen (secondary N) is 1. The van der Waals surface area contributed by atoms with E-state index in [-0.39, 0.29) is 43.2 Å². The lowest BCUT2D eigenvalue weighted by atomic mass is 10.0. The quantitative estimate of drug-likeness (QED) is 0.749. The van der Waals surface area contributed by atoms with Crippen molar-refractivity contribution >= 4 is 11.8 Å². The second kappa shape index (κ2) is 9.59. The van der Waals surface area contributed by atoms with Crippen molar-refractivity contribution < 1.29 is 27.5 Å². The Kier molecular flexibility index (Phi) is 7.46. The molecule has 0 spiro atoms. The van der Waals surface area contributed by atoms with E-state index in [1.807, 2.05) is 0 Å². The van der Waals surface area contributed by atoms with Gasteiger partial charge in [-0.15, -0.1) is 0 Å². The van der Waals surface area contributed by atoms with Gasteiger partial charge in [-0.1, -0.05) is 6.07 Å². The standard InChI is InChI=1S/C18H24F3N3O3/c19-18(20,21)13-4-3-6-15(10-13)27-12-17(26)24-9-2-1-5-14(24)11-23-16(25)7-8-22/h3-4,6,10,14H,1-2,5,7-9,11-12,22H2,(H,23,25). The SMILES string of the molecule is NCCC(=O)NCC1CCCCN1C(=O)COc1cccc(C(F)(F)F)c1. The first-order valence-corrected chi connectivity index (χ1v) is 8.87. The minimum Gasteiger partial charge on any atom is -0.484 e. The van der Waals surface area contributed by atoms with Crippen LogP contribution in [0.15, 0.2) is 24.3 Å². The summed E-state index contributed by atoms with van der Waals surface area (Å²) in [6.07, 6.45) is -1.72. The van der Waals surface area contributed by atoms with Gasteiger partial charge < -0.3 is 20.7 Å². The Morgan fingerprint density at radius 3 is 2.78 bits per heavy atom. The highest BCUT2D eigenvalue weighted by Crippen LogP contribution is 2.31. The maximum absolute atomic E-state index is 12.7. The Morgan fingerprint density at radius 1 is 1.30 bits per heavy atom. The molecule has 0 aromatic heterocycles. The Morgan fingerprint density at radius 2 is 2.07 bits per heavy atom. The van der Waals surface area contributed by atoms with Crippen molar-refractivity contribution in [2.45, 2.75) is 37.9 Å². The van der Waals surface area contributed by atoms with Gasteiger partial charge in [-0.05, 0) is 37.5 Å². The lowest BCUT2D eigenvalue weighted by Crippen LogP contribution is -2.50. The summed E-state index contributed by atoms with van der Waals surface area (Å²) in [6, 6.07) is 4.27. The third kappa shape index (κ3) is 6.42. The molecule has 1 aromatic rings. The van der Waals surface area contributed by atoms with E-state index < -0.39 is 11.7 Å². The molecule has 1 saturated heterocycles. The predicted octanol–water partition coefficient (Wildman–Crippen LogP) is 1.93. The third-order valence-electron chi connectivity index (χ3n) is 4.38. The summed E-state index contributed by atoms with van der Waals surface area (Å²) in [4.78, 5) is 25.7. The first-order valence-electron chi connectivity index (χ1n) is 8.87. The van der Waals surface area contributed by atoms with E-state index in [4.69, 9.17) is 10.5 Å². The zero-order chi connectivity index (χ0) is 19.9. The molecule has 0 saturated carbocycles. The van der Waals surface area contributed by atoms with Crippen LogP contribution < -0.4 is 15.8 Å². The lowest BCUT2D eigenvalue weighted by molar-refractivity contribution is -0.138. The lowest BCUT2D eigenvalue weighted by Gasteiger charge is -2.35. The molecule has 1 aliphatic heterocycles. The molecule has 1 heterocycles. The fourth-order valence-corrected chi connectivity index (χ4v) is 2.98. The zero-order valence-corrected chi connectivity index (χ0v) is 14.9. The molecule has 0 bridgehead atoms. The van der Waals surface area contributed by atoms with Crippen molar-refractivity contribution in [2.75, 3.05) is 26.2 Å². The highest BCUT2D eigenvalue weighted by Gasteiger charge is 2.31. The number of halogens is 3. The molecule has 1 unspecified atom stereocenters. The largest absolute Gasteiger partial charge is 0.484 e. The Balaban J connectivity index is 1.92. The van der Waals surface area contributed by atoms with Crippen LogP contribution >= 0.6 is 0 Å². The van der Waals surface area contributed by atoms with Gasteiger partial charge in [0.2, 0.25) is 5.91 Å². The molecule has 27 heavy (non-hydrogen) atoms. The Hall–Kier alpha value is -2.29. The number of likely N-dealkylation sites (tertiary alicyclic amines) is 1. The number of ether oxygens (including phenoxy) is 1. The Labute approximate surface area is 155 Å². The monoisotopic (exact) mass is 387 g/mol. The van der Waals surface area contributed by atoms with Crippen LogP contribution in [0.25, 0.3) is 0 Å². The van der Waals surface area contributed by atoms with E-state index in [0.29, 0.717) is 13.1 Å². The fourth-order valence-electron chi connectivity index (χ4n) is 2.98. The maximum atomic E-state index is 12.7. The van der Waals surface area contributed by atoms with Crippen LogP contribution in [0.4, 0.5) is 13.2 Å². The summed E-state index contributed by atoms with van der Waals surface area (Å²) in [5.74, 6) is -0.496. The van der Waals surface area contributed by atoms with Crippen molar-refractivity contribution in [3.8, 4) is 5.75 Å². The highest BCUT2D eigenvalue weighted by molar-refractivity contribution is 5.79. The summed E-state index contributed by atoms with van der Waals surface area (Å²) in [7, 11) is 0. The van der Waals surface area contributed by atoms with E-state index in [9.17, 15) is 22.8 Å². The minimum absolute atomic E-state index is 0.0111. The number of hydrogen-bond acceptors (Lipinski definition) is 4. The molecule has 9 heteroatoms. The van der Waals surface area contributed by atoms with E-state index in [1.165, 1.54) is 12.1 Å². The summed E-state index contributed by atoms with van der Waals surface area (Å²) >= 11 is 0. The van der Waals surface area contributed by atoms with Gasteiger partial charge in [-0.3, -0.25) is 9.59 Å². The molecule has 150 valence electrons. The fraction of sp³-hybridized carbons (Fsp3) is 0.556. The molecule has 1 atom stereocenters. The summed E-state index contributed by atoms with van der Waals surface area (Å²) in [6.45, 7) is 0.759. The number of nitrogens with zero attached hydrogens (tertiary/aromatic N) is 1. The molecule has 3 N–H and O–H groups in total. The van der Waals surface area contributed by atoms with Crippen LogP contribution in [0.5, 0.6) is 5.75 Å². The number of carbonyl (C=O) groups is 2. The average molecular weight is 387 g/mol. The predicted molar refractivity (Wildman–Crippen MR) is 93.0 cm³/mol. The number of carbonyl (C=O) groups excluding carboxylic acids is 2. The van der Waals surface area contributed by atoms with Gasteiger partial charge in [-0.25, -0.2) is 0 Å². The van der Waals surface area contributed by atoms with E-state index in [2.05, 4.69) is 5.32 Å². The number of benzene rings is 1. The highest BCUT2D eigenvalue weighted by atomic mass is 19.4. The van der Waals surface area contributed by atoms with Gasteiger partial charge in [0, 0.05) is 32.1 Å². The second-order valence-electron chi connectivity index (χ2n) is 6.39. The summed E-state index contributed by atoms with van der Waals surface area (Å²) in [5.41, 5.74) is 4.51. The van der Waals surface area contributed by atoms with E-state index >= 15 is 0 Å². The molecule has 2 rings (SSSR count). The minimum atomic E-state index is -4.47. The molecular weight excluding hydrogens is 363 g/mol. The summed E-state index contributed by atoms with van der Waals surface area (Å²) in [5, 5.41) is 2.76. The van der Waals surface area contributed by atoms with E-state index in [0.717, 1.165) is 31.4 Å². The molecule has 0 aliphatic carbocycles. The van der Waals surface area contributed by atoms with Gasteiger partial charge in [0.05, 0.1) is 5.56 Å². The first-order chi connectivity index (χ1) is 12.8. The molecule has 1 aliphatic rings. The molecule has 0 radical (unpaired) electrons. The van der Waals surface area contributed by atoms with Crippen LogP contribution in [-0.4, -0.2) is 49.0 Å².